The molecule has 0 atom stereocenters. The van der Waals surface area contributed by atoms with Gasteiger partial charge in [0.2, 0.25) is 0 Å². The van der Waals surface area contributed by atoms with Crippen molar-refractivity contribution >= 4 is 44.4 Å². The van der Waals surface area contributed by atoms with E-state index in [9.17, 15) is 13.2 Å². The topological polar surface area (TPSA) is 63.5 Å². The van der Waals surface area contributed by atoms with Crippen LogP contribution in [0.25, 0.3) is 10.9 Å². The summed E-state index contributed by atoms with van der Waals surface area (Å²) in [4.78, 5) is 8.90. The minimum absolute atomic E-state index is 0.688. The van der Waals surface area contributed by atoms with Crippen LogP contribution in [0.1, 0.15) is 17.7 Å². The number of carbonyl (C=O) groups is 1. The summed E-state index contributed by atoms with van der Waals surface area (Å²) < 4.78 is 41.2. The van der Waals surface area contributed by atoms with Crippen molar-refractivity contribution in [1.29, 1.82) is 0 Å². The number of halogens is 5. The number of hydrogen-bond acceptors (Lipinski definition) is 3. The van der Waals surface area contributed by atoms with Gasteiger partial charge in [-0.05, 0) is 71.2 Å². The second kappa shape index (κ2) is 10.6. The van der Waals surface area contributed by atoms with Crippen LogP contribution in [0.15, 0.2) is 46.9 Å². The van der Waals surface area contributed by atoms with Gasteiger partial charge in [-0.25, -0.2) is 4.79 Å². The zero-order valence-corrected chi connectivity index (χ0v) is 19.2. The van der Waals surface area contributed by atoms with Crippen LogP contribution >= 0.6 is 27.5 Å². The van der Waals surface area contributed by atoms with E-state index in [1.165, 1.54) is 22.2 Å². The third kappa shape index (κ3) is 5.96. The summed E-state index contributed by atoms with van der Waals surface area (Å²) in [6.45, 7) is 3.63. The number of fused-ring (bicyclic) bond motifs is 3. The van der Waals surface area contributed by atoms with Crippen molar-refractivity contribution in [1.82, 2.24) is 9.88 Å². The number of aliphatic carboxylic acids is 1. The molecule has 2 N–H and O–H groups in total. The number of carboxylic acids is 1. The lowest BCUT2D eigenvalue weighted by atomic mass is 10.1. The molecule has 0 spiro atoms. The van der Waals surface area contributed by atoms with Crippen molar-refractivity contribution < 1.29 is 27.8 Å². The van der Waals surface area contributed by atoms with Crippen LogP contribution in [0, 0.1) is 0 Å². The van der Waals surface area contributed by atoms with Gasteiger partial charge in [0.05, 0.1) is 12.1 Å². The van der Waals surface area contributed by atoms with Crippen molar-refractivity contribution in [3.8, 4) is 5.75 Å². The maximum Gasteiger partial charge on any atom is 0.490 e. The van der Waals surface area contributed by atoms with E-state index in [0.717, 1.165) is 47.7 Å². The maximum atomic E-state index is 10.6. The highest BCUT2D eigenvalue weighted by Crippen LogP contribution is 2.33. The fourth-order valence-electron chi connectivity index (χ4n) is 3.58. The molecule has 2 heterocycles. The molecule has 172 valence electrons. The van der Waals surface area contributed by atoms with Gasteiger partial charge in [-0.15, -0.1) is 0 Å². The van der Waals surface area contributed by atoms with E-state index >= 15 is 0 Å². The molecule has 10 heteroatoms. The van der Waals surface area contributed by atoms with Crippen molar-refractivity contribution in [2.75, 3.05) is 13.2 Å². The first-order valence-electron chi connectivity index (χ1n) is 9.86. The average Bonchev–Trinajstić information content (AvgIpc) is 3.07. The number of nitrogens with one attached hydrogen (secondary N) is 1. The highest BCUT2D eigenvalue weighted by Gasteiger charge is 2.38. The SMILES string of the molecule is Clc1ccc(OCCCn2c3c(c4cccc(Br)c42)CCNC3)cc1.O=C(O)C(F)(F)F. The molecule has 0 saturated carbocycles. The first-order chi connectivity index (χ1) is 15.2. The largest absolute Gasteiger partial charge is 0.494 e. The predicted octanol–water partition coefficient (Wildman–Crippen LogP) is 5.81. The Hall–Kier alpha value is -2.23. The van der Waals surface area contributed by atoms with Gasteiger partial charge < -0.3 is 19.7 Å². The van der Waals surface area contributed by atoms with Gasteiger partial charge in [-0.3, -0.25) is 0 Å². The third-order valence-corrected chi connectivity index (χ3v) is 5.84. The molecule has 0 fully saturated rings. The summed E-state index contributed by atoms with van der Waals surface area (Å²) in [5.41, 5.74) is 4.22. The van der Waals surface area contributed by atoms with Crippen molar-refractivity contribution in [3.63, 3.8) is 0 Å². The third-order valence-electron chi connectivity index (χ3n) is 4.95. The summed E-state index contributed by atoms with van der Waals surface area (Å²) in [5, 5.41) is 12.7. The van der Waals surface area contributed by atoms with E-state index in [1.54, 1.807) is 0 Å². The summed E-state index contributed by atoms with van der Waals surface area (Å²) in [6, 6.07) is 14.0. The van der Waals surface area contributed by atoms with Crippen molar-refractivity contribution in [2.45, 2.75) is 32.1 Å². The van der Waals surface area contributed by atoms with Crippen LogP contribution in [-0.4, -0.2) is 35.0 Å². The molecule has 32 heavy (non-hydrogen) atoms. The minimum atomic E-state index is -5.08. The van der Waals surface area contributed by atoms with Gasteiger partial charge in [0.15, 0.2) is 0 Å². The van der Waals surface area contributed by atoms with Gasteiger partial charge in [0.1, 0.15) is 5.75 Å². The Balaban J connectivity index is 0.000000360. The molecule has 0 bridgehead atoms. The van der Waals surface area contributed by atoms with Crippen LogP contribution in [0.5, 0.6) is 5.75 Å². The predicted molar refractivity (Wildman–Crippen MR) is 120 cm³/mol. The minimum Gasteiger partial charge on any atom is -0.494 e. The second-order valence-electron chi connectivity index (χ2n) is 7.10. The Morgan fingerprint density at radius 1 is 1.22 bits per heavy atom. The fraction of sp³-hybridized carbons (Fsp3) is 0.318. The number of alkyl halides is 3. The Bertz CT molecular complexity index is 1080. The number of ether oxygens (including phenoxy) is 1. The van der Waals surface area contributed by atoms with Crippen molar-refractivity contribution in [3.05, 3.63) is 63.2 Å². The fourth-order valence-corrected chi connectivity index (χ4v) is 4.28. The van der Waals surface area contributed by atoms with Gasteiger partial charge in [-0.1, -0.05) is 23.7 Å². The molecule has 1 aromatic heterocycles. The average molecular weight is 534 g/mol. The number of carboxylic acid groups (broad SMARTS) is 1. The van der Waals surface area contributed by atoms with Crippen LogP contribution in [0.4, 0.5) is 13.2 Å². The lowest BCUT2D eigenvalue weighted by Crippen LogP contribution is -2.25. The number of rotatable bonds is 5. The number of hydrogen-bond donors (Lipinski definition) is 2. The van der Waals surface area contributed by atoms with Crippen LogP contribution in [0.2, 0.25) is 5.02 Å². The number of aromatic nitrogens is 1. The zero-order valence-electron chi connectivity index (χ0n) is 16.9. The van der Waals surface area contributed by atoms with Crippen LogP contribution in [0.3, 0.4) is 0 Å². The Labute approximate surface area is 196 Å². The molecule has 0 radical (unpaired) electrons. The smallest absolute Gasteiger partial charge is 0.490 e. The quantitative estimate of drug-likeness (QED) is 0.407. The molecule has 0 amide bonds. The van der Waals surface area contributed by atoms with Crippen LogP contribution in [-0.2, 0) is 24.3 Å². The number of nitrogens with zero attached hydrogens (tertiary/aromatic N) is 1. The Morgan fingerprint density at radius 2 is 1.91 bits per heavy atom. The molecule has 2 aromatic carbocycles. The van der Waals surface area contributed by atoms with Gasteiger partial charge in [0, 0.05) is 33.7 Å². The molecule has 0 aliphatic carbocycles. The molecule has 1 aliphatic heterocycles. The molecule has 0 saturated heterocycles. The molecule has 0 unspecified atom stereocenters. The van der Waals surface area contributed by atoms with E-state index in [-0.39, 0.29) is 0 Å². The molecule has 1 aliphatic rings. The normalized spacial score (nSPS) is 13.3. The summed E-state index contributed by atoms with van der Waals surface area (Å²) in [6.07, 6.45) is -3.03. The summed E-state index contributed by atoms with van der Waals surface area (Å²) in [5.74, 6) is -1.89. The zero-order chi connectivity index (χ0) is 23.3. The first-order valence-corrected chi connectivity index (χ1v) is 11.0. The summed E-state index contributed by atoms with van der Waals surface area (Å²) >= 11 is 9.65. The lowest BCUT2D eigenvalue weighted by Gasteiger charge is -2.17. The van der Waals surface area contributed by atoms with E-state index in [0.29, 0.717) is 6.61 Å². The molecule has 5 nitrogen and oxygen atoms in total. The number of aryl methyl sites for hydroxylation is 1. The molecule has 3 aromatic rings. The lowest BCUT2D eigenvalue weighted by molar-refractivity contribution is -0.192. The monoisotopic (exact) mass is 532 g/mol. The first kappa shape index (κ1) is 24.4. The molecular formula is C22H21BrClF3N2O3. The van der Waals surface area contributed by atoms with E-state index < -0.39 is 12.1 Å². The molecule has 4 rings (SSSR count). The van der Waals surface area contributed by atoms with E-state index in [4.69, 9.17) is 26.2 Å². The van der Waals surface area contributed by atoms with E-state index in [2.05, 4.69) is 44.0 Å². The maximum absolute atomic E-state index is 10.6. The molecular weight excluding hydrogens is 513 g/mol. The van der Waals surface area contributed by atoms with Crippen LogP contribution < -0.4 is 10.1 Å². The van der Waals surface area contributed by atoms with Crippen molar-refractivity contribution in [2.24, 2.45) is 0 Å². The van der Waals surface area contributed by atoms with Gasteiger partial charge >= 0.3 is 12.1 Å². The number of para-hydroxylation sites is 1. The number of benzene rings is 2. The van der Waals surface area contributed by atoms with E-state index in [1.807, 2.05) is 24.3 Å². The highest BCUT2D eigenvalue weighted by molar-refractivity contribution is 9.10. The Kier molecular flexibility index (Phi) is 8.08. The second-order valence-corrected chi connectivity index (χ2v) is 8.39. The highest BCUT2D eigenvalue weighted by atomic mass is 79.9. The van der Waals surface area contributed by atoms with Gasteiger partial charge in [-0.2, -0.15) is 13.2 Å². The Morgan fingerprint density at radius 3 is 2.56 bits per heavy atom. The summed E-state index contributed by atoms with van der Waals surface area (Å²) in [7, 11) is 0. The standard InChI is InChI=1S/C20H20BrClN2O.C2HF3O2/c21-18-4-1-3-17-16-9-10-23-13-19(16)24(20(17)18)11-2-12-25-15-7-5-14(22)6-8-15;3-2(4,5)1(6)7/h1,3-8,23H,2,9-13H2;(H,6,7). The van der Waals surface area contributed by atoms with Gasteiger partial charge in [0.25, 0.3) is 0 Å².